The number of carbonyl (C=O) groups excluding carboxylic acids is 3. The van der Waals surface area contributed by atoms with Crippen LogP contribution < -0.4 is 9.64 Å². The average Bonchev–Trinajstić information content (AvgIpc) is 2.83. The average molecular weight is 558 g/mol. The van der Waals surface area contributed by atoms with Gasteiger partial charge in [-0.2, -0.15) is 13.2 Å². The Labute approximate surface area is 224 Å². The lowest BCUT2D eigenvalue weighted by molar-refractivity contribution is -0.138. The van der Waals surface area contributed by atoms with Crippen LogP contribution in [-0.2, 0) is 20.5 Å². The minimum Gasteiger partial charge on any atom is -0.476 e. The van der Waals surface area contributed by atoms with Crippen LogP contribution in [0.1, 0.15) is 62.9 Å². The molecule has 1 atom stereocenters. The first-order valence-electron chi connectivity index (χ1n) is 12.7. The Morgan fingerprint density at radius 1 is 1.26 bits per heavy atom. The Balaban J connectivity index is 2.12. The maximum atomic E-state index is 14.3. The van der Waals surface area contributed by atoms with Crippen LogP contribution in [0.15, 0.2) is 12.1 Å². The van der Waals surface area contributed by atoms with Gasteiger partial charge in [0.15, 0.2) is 11.4 Å². The number of carboxylic acid groups (broad SMARTS) is 1. The molecule has 0 radical (unpaired) electrons. The van der Waals surface area contributed by atoms with Crippen LogP contribution in [0, 0.1) is 0 Å². The molecule has 0 unspecified atom stereocenters. The quantitative estimate of drug-likeness (QED) is 0.517. The number of ketones is 1. The number of ether oxygens (including phenoxy) is 2. The lowest BCUT2D eigenvalue weighted by atomic mass is 9.96. The number of carbonyl (C=O) groups is 4. The summed E-state index contributed by atoms with van der Waals surface area (Å²) in [6.07, 6.45) is -5.35. The molecule has 0 spiro atoms. The monoisotopic (exact) mass is 557 g/mol. The standard InChI is InChI=1S/C26H34F3N3O7/c1-15(2)32(16-7-6-9-30(13-16)24(36)37)22(34)18-11-20-21(12-19(18)26(27,28)29)39-25(3,4)23(35)31(20)10-8-17(33)14-38-5/h11-12,15-16H,6-10,13-14H2,1-5H3,(H,36,37)/t16-/m1/s1. The van der Waals surface area contributed by atoms with Crippen LogP contribution in [0.25, 0.3) is 0 Å². The molecule has 2 aliphatic heterocycles. The SMILES string of the molecule is COCC(=O)CCN1C(=O)C(C)(C)Oc2cc(C(F)(F)F)c(C(=O)N(C(C)C)[C@@H]3CCCN(C(=O)O)C3)cc21. The van der Waals surface area contributed by atoms with Gasteiger partial charge < -0.3 is 29.3 Å². The fourth-order valence-electron chi connectivity index (χ4n) is 5.03. The van der Waals surface area contributed by atoms with Crippen LogP contribution in [0.5, 0.6) is 5.75 Å². The topological polar surface area (TPSA) is 117 Å². The first-order valence-corrected chi connectivity index (χ1v) is 12.7. The number of rotatable bonds is 8. The molecule has 1 saturated heterocycles. The molecule has 0 aromatic heterocycles. The number of methoxy groups -OCH3 is 1. The number of fused-ring (bicyclic) bond motifs is 1. The van der Waals surface area contributed by atoms with E-state index in [1.807, 2.05) is 0 Å². The molecular formula is C26H34F3N3O7. The molecule has 0 bridgehead atoms. The van der Waals surface area contributed by atoms with Crippen molar-refractivity contribution in [1.82, 2.24) is 9.80 Å². The highest BCUT2D eigenvalue weighted by Crippen LogP contribution is 2.44. The number of Topliss-reactive ketones (excluding diaryl/α,β-unsaturated/α-hetero) is 1. The van der Waals surface area contributed by atoms with Crippen LogP contribution >= 0.6 is 0 Å². The number of benzene rings is 1. The molecule has 39 heavy (non-hydrogen) atoms. The minimum absolute atomic E-state index is 0.0327. The van der Waals surface area contributed by atoms with Crippen LogP contribution in [-0.4, -0.2) is 89.6 Å². The molecule has 1 aromatic rings. The van der Waals surface area contributed by atoms with Crippen molar-refractivity contribution in [2.24, 2.45) is 0 Å². The fourth-order valence-corrected chi connectivity index (χ4v) is 5.03. The number of halogens is 3. The van der Waals surface area contributed by atoms with Gasteiger partial charge in [0.25, 0.3) is 11.8 Å². The van der Waals surface area contributed by atoms with Gasteiger partial charge in [0.1, 0.15) is 12.4 Å². The van der Waals surface area contributed by atoms with Crippen molar-refractivity contribution < 1.29 is 46.9 Å². The van der Waals surface area contributed by atoms with E-state index in [0.29, 0.717) is 18.9 Å². The molecule has 2 aliphatic rings. The summed E-state index contributed by atoms with van der Waals surface area (Å²) in [4.78, 5) is 54.2. The second-order valence-electron chi connectivity index (χ2n) is 10.5. The molecule has 1 fully saturated rings. The van der Waals surface area contributed by atoms with Crippen LogP contribution in [0.2, 0.25) is 0 Å². The molecule has 0 aliphatic carbocycles. The molecule has 10 nitrogen and oxygen atoms in total. The number of hydrogen-bond donors (Lipinski definition) is 1. The van der Waals surface area contributed by atoms with Crippen LogP contribution in [0.4, 0.5) is 23.7 Å². The zero-order valence-electron chi connectivity index (χ0n) is 22.6. The second kappa shape index (κ2) is 11.4. The highest BCUT2D eigenvalue weighted by atomic mass is 19.4. The lowest BCUT2D eigenvalue weighted by Gasteiger charge is -2.42. The number of piperidine rings is 1. The number of alkyl halides is 3. The zero-order chi connectivity index (χ0) is 29.3. The van der Waals surface area contributed by atoms with Crippen molar-refractivity contribution in [3.63, 3.8) is 0 Å². The normalized spacial score (nSPS) is 19.0. The minimum atomic E-state index is -4.93. The largest absolute Gasteiger partial charge is 0.476 e. The van der Waals surface area contributed by atoms with E-state index < -0.39 is 52.9 Å². The third-order valence-electron chi connectivity index (χ3n) is 6.82. The van der Waals surface area contributed by atoms with E-state index in [4.69, 9.17) is 9.47 Å². The van der Waals surface area contributed by atoms with Crippen molar-refractivity contribution in [2.75, 3.05) is 38.3 Å². The van der Waals surface area contributed by atoms with Gasteiger partial charge in [-0.05, 0) is 52.7 Å². The maximum Gasteiger partial charge on any atom is 0.417 e. The highest BCUT2D eigenvalue weighted by molar-refractivity contribution is 6.05. The lowest BCUT2D eigenvalue weighted by Crippen LogP contribution is -2.54. The molecule has 1 N–H and O–H groups in total. The Bertz CT molecular complexity index is 1140. The van der Waals surface area contributed by atoms with Crippen molar-refractivity contribution >= 4 is 29.4 Å². The highest BCUT2D eigenvalue weighted by Gasteiger charge is 2.45. The number of anilines is 1. The predicted octanol–water partition coefficient (Wildman–Crippen LogP) is 3.81. The van der Waals surface area contributed by atoms with E-state index in [2.05, 4.69) is 0 Å². The molecule has 1 aromatic carbocycles. The van der Waals surface area contributed by atoms with E-state index in [1.165, 1.54) is 25.9 Å². The summed E-state index contributed by atoms with van der Waals surface area (Å²) in [5.74, 6) is -2.08. The summed E-state index contributed by atoms with van der Waals surface area (Å²) in [5, 5.41) is 9.43. The third-order valence-corrected chi connectivity index (χ3v) is 6.82. The first kappa shape index (κ1) is 30.2. The Morgan fingerprint density at radius 2 is 1.92 bits per heavy atom. The molecule has 3 amide bonds. The van der Waals surface area contributed by atoms with E-state index in [1.54, 1.807) is 13.8 Å². The molecule has 216 valence electrons. The van der Waals surface area contributed by atoms with Gasteiger partial charge in [-0.15, -0.1) is 0 Å². The van der Waals surface area contributed by atoms with E-state index in [9.17, 15) is 37.5 Å². The zero-order valence-corrected chi connectivity index (χ0v) is 22.6. The van der Waals surface area contributed by atoms with Gasteiger partial charge in [-0.1, -0.05) is 0 Å². The van der Waals surface area contributed by atoms with Gasteiger partial charge in [0.05, 0.1) is 22.9 Å². The van der Waals surface area contributed by atoms with Crippen molar-refractivity contribution in [2.45, 2.75) is 70.8 Å². The van der Waals surface area contributed by atoms with Gasteiger partial charge >= 0.3 is 12.3 Å². The van der Waals surface area contributed by atoms with E-state index >= 15 is 0 Å². The summed E-state index contributed by atoms with van der Waals surface area (Å²) in [5.41, 5.74) is -3.49. The molecule has 3 rings (SSSR count). The van der Waals surface area contributed by atoms with Crippen molar-refractivity contribution in [3.05, 3.63) is 23.3 Å². The summed E-state index contributed by atoms with van der Waals surface area (Å²) in [7, 11) is 1.34. The molecular weight excluding hydrogens is 523 g/mol. The van der Waals surface area contributed by atoms with E-state index in [0.717, 1.165) is 15.9 Å². The maximum absolute atomic E-state index is 14.3. The molecule has 13 heteroatoms. The Hall–Kier alpha value is -3.35. The second-order valence-corrected chi connectivity index (χ2v) is 10.5. The first-order chi connectivity index (χ1) is 18.1. The summed E-state index contributed by atoms with van der Waals surface area (Å²) in [6, 6.07) is 0.512. The summed E-state index contributed by atoms with van der Waals surface area (Å²) < 4.78 is 53.4. The number of nitrogens with zero attached hydrogens (tertiary/aromatic N) is 3. The molecule has 0 saturated carbocycles. The molecule has 2 heterocycles. The van der Waals surface area contributed by atoms with Gasteiger partial charge in [0.2, 0.25) is 0 Å². The summed E-state index contributed by atoms with van der Waals surface area (Å²) in [6.45, 7) is 6.00. The third kappa shape index (κ3) is 6.45. The van der Waals surface area contributed by atoms with Crippen LogP contribution in [0.3, 0.4) is 0 Å². The van der Waals surface area contributed by atoms with Gasteiger partial charge in [-0.25, -0.2) is 4.79 Å². The number of hydrogen-bond acceptors (Lipinski definition) is 6. The Kier molecular flexibility index (Phi) is 8.83. The van der Waals surface area contributed by atoms with Crippen molar-refractivity contribution in [3.8, 4) is 5.75 Å². The van der Waals surface area contributed by atoms with Gasteiger partial charge in [-0.3, -0.25) is 14.4 Å². The van der Waals surface area contributed by atoms with E-state index in [-0.39, 0.29) is 49.9 Å². The van der Waals surface area contributed by atoms with Gasteiger partial charge in [0, 0.05) is 39.2 Å². The number of amides is 3. The fraction of sp³-hybridized carbons (Fsp3) is 0.615. The van der Waals surface area contributed by atoms with Crippen molar-refractivity contribution in [1.29, 1.82) is 0 Å². The summed E-state index contributed by atoms with van der Waals surface area (Å²) >= 11 is 0. The smallest absolute Gasteiger partial charge is 0.417 e. The Morgan fingerprint density at radius 3 is 2.49 bits per heavy atom. The number of likely N-dealkylation sites (tertiary alicyclic amines) is 1. The predicted molar refractivity (Wildman–Crippen MR) is 134 cm³/mol.